The Morgan fingerprint density at radius 1 is 1.22 bits per heavy atom. The van der Waals surface area contributed by atoms with Gasteiger partial charge in [-0.25, -0.2) is 4.98 Å². The fraction of sp³-hybridized carbons (Fsp3) is 0.0588. The van der Waals surface area contributed by atoms with E-state index in [-0.39, 0.29) is 5.69 Å². The number of hydrogen-bond donors (Lipinski definition) is 0. The van der Waals surface area contributed by atoms with E-state index < -0.39 is 5.97 Å². The van der Waals surface area contributed by atoms with Crippen LogP contribution in [0.1, 0.15) is 16.1 Å². The van der Waals surface area contributed by atoms with Crippen LogP contribution in [0.3, 0.4) is 0 Å². The fourth-order valence-electron chi connectivity index (χ4n) is 2.02. The van der Waals surface area contributed by atoms with Crippen LogP contribution in [0.5, 0.6) is 5.75 Å². The molecule has 0 N–H and O–H groups in total. The van der Waals surface area contributed by atoms with E-state index in [1.54, 1.807) is 18.2 Å². The number of carboxylic acids is 1. The van der Waals surface area contributed by atoms with Crippen LogP contribution in [0, 0.1) is 0 Å². The van der Waals surface area contributed by atoms with Crippen LogP contribution in [0.4, 0.5) is 0 Å². The van der Waals surface area contributed by atoms with Crippen molar-refractivity contribution in [2.75, 3.05) is 0 Å². The van der Waals surface area contributed by atoms with Gasteiger partial charge in [0.05, 0.1) is 17.2 Å². The summed E-state index contributed by atoms with van der Waals surface area (Å²) in [6.45, 7) is 0.397. The summed E-state index contributed by atoms with van der Waals surface area (Å²) < 4.78 is 5.85. The second-order valence-corrected chi connectivity index (χ2v) is 6.03. The van der Waals surface area contributed by atoms with Crippen molar-refractivity contribution in [3.63, 3.8) is 0 Å². The van der Waals surface area contributed by atoms with Crippen LogP contribution < -0.4 is 9.84 Å². The molecule has 0 amide bonds. The zero-order chi connectivity index (χ0) is 16.2. The van der Waals surface area contributed by atoms with Crippen LogP contribution in [0.2, 0.25) is 5.02 Å². The first-order valence-electron chi connectivity index (χ1n) is 6.77. The summed E-state index contributed by atoms with van der Waals surface area (Å²) in [6.07, 6.45) is 0. The first-order valence-corrected chi connectivity index (χ1v) is 8.03. The van der Waals surface area contributed by atoms with Crippen LogP contribution in [-0.2, 0) is 6.61 Å². The van der Waals surface area contributed by atoms with Crippen molar-refractivity contribution in [2.24, 2.45) is 0 Å². The summed E-state index contributed by atoms with van der Waals surface area (Å²) in [5, 5.41) is 13.4. The number of carboxylic acid groups (broad SMARTS) is 1. The number of benzene rings is 2. The van der Waals surface area contributed by atoms with Crippen molar-refractivity contribution in [3.05, 3.63) is 70.2 Å². The average molecular weight is 345 g/mol. The maximum absolute atomic E-state index is 10.9. The molecule has 3 aromatic rings. The van der Waals surface area contributed by atoms with Gasteiger partial charge in [0.2, 0.25) is 0 Å². The summed E-state index contributed by atoms with van der Waals surface area (Å²) in [6, 6.07) is 14.9. The van der Waals surface area contributed by atoms with Crippen LogP contribution in [0.15, 0.2) is 53.9 Å². The molecule has 1 aromatic heterocycles. The van der Waals surface area contributed by atoms with Crippen molar-refractivity contribution in [1.82, 2.24) is 4.98 Å². The van der Waals surface area contributed by atoms with E-state index in [2.05, 4.69) is 4.98 Å². The lowest BCUT2D eigenvalue weighted by Crippen LogP contribution is -2.22. The molecule has 3 rings (SSSR count). The first kappa shape index (κ1) is 15.5. The lowest BCUT2D eigenvalue weighted by Gasteiger charge is -2.10. The Labute approximate surface area is 142 Å². The molecule has 0 radical (unpaired) electrons. The molecule has 0 bridgehead atoms. The van der Waals surface area contributed by atoms with E-state index in [9.17, 15) is 9.90 Å². The van der Waals surface area contributed by atoms with Crippen LogP contribution >= 0.6 is 22.9 Å². The Morgan fingerprint density at radius 2 is 2.00 bits per heavy atom. The second-order valence-electron chi connectivity index (χ2n) is 4.74. The standard InChI is InChI=1S/C17H12ClNO3S/c18-12-6-7-15(22-9-11-4-2-1-3-5-11)13(8-12)16-19-14(10-23-16)17(20)21/h1-8,10H,9H2,(H,20,21)/p-1. The third-order valence-corrected chi connectivity index (χ3v) is 4.23. The normalized spacial score (nSPS) is 10.5. The highest BCUT2D eigenvalue weighted by Crippen LogP contribution is 2.35. The van der Waals surface area contributed by atoms with Crippen molar-refractivity contribution >= 4 is 28.9 Å². The molecule has 23 heavy (non-hydrogen) atoms. The zero-order valence-electron chi connectivity index (χ0n) is 11.9. The number of nitrogens with zero attached hydrogens (tertiary/aromatic N) is 1. The minimum Gasteiger partial charge on any atom is -0.543 e. The number of carbonyl (C=O) groups excluding carboxylic acids is 1. The number of rotatable bonds is 5. The Morgan fingerprint density at radius 3 is 2.70 bits per heavy atom. The lowest BCUT2D eigenvalue weighted by molar-refractivity contribution is -0.255. The largest absolute Gasteiger partial charge is 0.543 e. The highest BCUT2D eigenvalue weighted by atomic mass is 35.5. The quantitative estimate of drug-likeness (QED) is 0.711. The van der Waals surface area contributed by atoms with Gasteiger partial charge in [-0.1, -0.05) is 41.9 Å². The van der Waals surface area contributed by atoms with Gasteiger partial charge in [0.25, 0.3) is 0 Å². The topological polar surface area (TPSA) is 62.2 Å². The van der Waals surface area contributed by atoms with E-state index in [0.29, 0.717) is 28.0 Å². The lowest BCUT2D eigenvalue weighted by atomic mass is 10.2. The van der Waals surface area contributed by atoms with Crippen molar-refractivity contribution < 1.29 is 14.6 Å². The van der Waals surface area contributed by atoms with Crippen molar-refractivity contribution in [2.45, 2.75) is 6.61 Å². The predicted molar refractivity (Wildman–Crippen MR) is 87.7 cm³/mol. The van der Waals surface area contributed by atoms with Gasteiger partial charge in [-0.15, -0.1) is 11.3 Å². The first-order chi connectivity index (χ1) is 11.1. The van der Waals surface area contributed by atoms with Gasteiger partial charge in [0, 0.05) is 10.4 Å². The molecule has 0 aliphatic carbocycles. The summed E-state index contributed by atoms with van der Waals surface area (Å²) in [5.74, 6) is -0.709. The highest BCUT2D eigenvalue weighted by molar-refractivity contribution is 7.13. The zero-order valence-corrected chi connectivity index (χ0v) is 13.4. The second kappa shape index (κ2) is 6.81. The fourth-order valence-corrected chi connectivity index (χ4v) is 3.00. The number of thiazole rings is 1. The molecular formula is C17H11ClNO3S-. The van der Waals surface area contributed by atoms with E-state index in [1.807, 2.05) is 30.3 Å². The SMILES string of the molecule is O=C([O-])c1csc(-c2cc(Cl)ccc2OCc2ccccc2)n1. The molecule has 0 aliphatic heterocycles. The van der Waals surface area contributed by atoms with Gasteiger partial charge in [-0.05, 0) is 23.8 Å². The Balaban J connectivity index is 1.89. The molecule has 2 aromatic carbocycles. The molecule has 0 aliphatic rings. The summed E-state index contributed by atoms with van der Waals surface area (Å²) >= 11 is 7.25. The molecule has 6 heteroatoms. The number of aromatic carboxylic acids is 1. The van der Waals surface area contributed by atoms with Crippen molar-refractivity contribution in [3.8, 4) is 16.3 Å². The molecule has 0 atom stereocenters. The maximum atomic E-state index is 10.9. The smallest absolute Gasteiger partial charge is 0.130 e. The maximum Gasteiger partial charge on any atom is 0.130 e. The van der Waals surface area contributed by atoms with E-state index in [1.165, 1.54) is 16.7 Å². The van der Waals surface area contributed by atoms with Gasteiger partial charge < -0.3 is 14.6 Å². The molecule has 4 nitrogen and oxygen atoms in total. The Bertz CT molecular complexity index is 833. The van der Waals surface area contributed by atoms with Gasteiger partial charge in [-0.2, -0.15) is 0 Å². The summed E-state index contributed by atoms with van der Waals surface area (Å²) in [4.78, 5) is 14.9. The van der Waals surface area contributed by atoms with E-state index in [0.717, 1.165) is 5.56 Å². The van der Waals surface area contributed by atoms with E-state index >= 15 is 0 Å². The Kier molecular flexibility index (Phi) is 4.60. The third-order valence-electron chi connectivity index (χ3n) is 3.12. The molecule has 0 unspecified atom stereocenters. The van der Waals surface area contributed by atoms with Crippen LogP contribution in [-0.4, -0.2) is 11.0 Å². The molecule has 1 heterocycles. The molecule has 0 saturated carbocycles. The number of carbonyl (C=O) groups is 1. The Hall–Kier alpha value is -2.37. The van der Waals surface area contributed by atoms with Gasteiger partial charge in [0.15, 0.2) is 0 Å². The number of hydrogen-bond acceptors (Lipinski definition) is 5. The molecule has 0 fully saturated rings. The highest BCUT2D eigenvalue weighted by Gasteiger charge is 2.12. The molecule has 0 spiro atoms. The number of ether oxygens (including phenoxy) is 1. The third kappa shape index (κ3) is 3.70. The van der Waals surface area contributed by atoms with Gasteiger partial charge >= 0.3 is 0 Å². The monoisotopic (exact) mass is 344 g/mol. The predicted octanol–water partition coefficient (Wildman–Crippen LogP) is 3.41. The summed E-state index contributed by atoms with van der Waals surface area (Å²) in [7, 11) is 0. The minimum absolute atomic E-state index is 0.0982. The number of halogens is 1. The molecular weight excluding hydrogens is 334 g/mol. The van der Waals surface area contributed by atoms with Gasteiger partial charge in [0.1, 0.15) is 17.4 Å². The van der Waals surface area contributed by atoms with E-state index in [4.69, 9.17) is 16.3 Å². The summed E-state index contributed by atoms with van der Waals surface area (Å²) in [5.41, 5.74) is 1.59. The molecule has 116 valence electrons. The number of aromatic nitrogens is 1. The molecule has 0 saturated heterocycles. The minimum atomic E-state index is -1.30. The van der Waals surface area contributed by atoms with Gasteiger partial charge in [-0.3, -0.25) is 0 Å². The van der Waals surface area contributed by atoms with Crippen molar-refractivity contribution in [1.29, 1.82) is 0 Å². The van der Waals surface area contributed by atoms with Crippen LogP contribution in [0.25, 0.3) is 10.6 Å². The average Bonchev–Trinajstić information content (AvgIpc) is 3.05.